The lowest BCUT2D eigenvalue weighted by Gasteiger charge is -2.35. The fourth-order valence-corrected chi connectivity index (χ4v) is 4.55. The number of hydrogen-bond donors (Lipinski definition) is 0. The molecule has 1 aliphatic rings. The van der Waals surface area contributed by atoms with E-state index in [2.05, 4.69) is 41.2 Å². The Morgan fingerprint density at radius 2 is 1.70 bits per heavy atom. The molecule has 3 heterocycles. The van der Waals surface area contributed by atoms with E-state index < -0.39 is 0 Å². The van der Waals surface area contributed by atoms with Crippen molar-refractivity contribution in [2.75, 3.05) is 26.2 Å². The van der Waals surface area contributed by atoms with Crippen molar-refractivity contribution < 1.29 is 4.79 Å². The summed E-state index contributed by atoms with van der Waals surface area (Å²) in [6, 6.07) is 18.4. The first-order valence-corrected chi connectivity index (χ1v) is 11.5. The number of fused-ring (bicyclic) bond motifs is 1. The highest BCUT2D eigenvalue weighted by Gasteiger charge is 2.25. The van der Waals surface area contributed by atoms with E-state index in [4.69, 9.17) is 4.98 Å². The summed E-state index contributed by atoms with van der Waals surface area (Å²) in [4.78, 5) is 22.9. The number of nitrogens with zero attached hydrogens (tertiary/aromatic N) is 5. The summed E-state index contributed by atoms with van der Waals surface area (Å²) in [6.07, 6.45) is 1.82. The fourth-order valence-electron chi connectivity index (χ4n) is 4.55. The molecular weight excluding hydrogens is 410 g/mol. The smallest absolute Gasteiger partial charge is 0.254 e. The van der Waals surface area contributed by atoms with Crippen molar-refractivity contribution in [3.8, 4) is 11.3 Å². The molecule has 0 atom stereocenters. The number of amides is 1. The molecule has 1 fully saturated rings. The van der Waals surface area contributed by atoms with Gasteiger partial charge in [0.15, 0.2) is 0 Å². The standard InChI is InChI=1S/C27H29N5O/c1-19-8-4-5-9-21(19)18-31-12-14-32(15-13-31)27(33)23-16-26(24-17-28-30(3)20(24)2)29-25-11-7-6-10-22(23)25/h4-11,16-17H,12-15,18H2,1-3H3. The second kappa shape index (κ2) is 8.79. The van der Waals surface area contributed by atoms with E-state index >= 15 is 0 Å². The number of aryl methyl sites for hydroxylation is 2. The van der Waals surface area contributed by atoms with Crippen molar-refractivity contribution in [1.29, 1.82) is 0 Å². The van der Waals surface area contributed by atoms with Gasteiger partial charge in [0, 0.05) is 56.4 Å². The van der Waals surface area contributed by atoms with Crippen LogP contribution in [0, 0.1) is 13.8 Å². The van der Waals surface area contributed by atoms with Gasteiger partial charge >= 0.3 is 0 Å². The van der Waals surface area contributed by atoms with Gasteiger partial charge in [0.1, 0.15) is 0 Å². The molecule has 1 aliphatic heterocycles. The van der Waals surface area contributed by atoms with E-state index in [1.54, 1.807) is 0 Å². The predicted molar refractivity (Wildman–Crippen MR) is 131 cm³/mol. The van der Waals surface area contributed by atoms with Gasteiger partial charge in [0.25, 0.3) is 5.91 Å². The van der Waals surface area contributed by atoms with Crippen LogP contribution < -0.4 is 0 Å². The molecule has 168 valence electrons. The minimum atomic E-state index is 0.0759. The van der Waals surface area contributed by atoms with E-state index in [0.717, 1.165) is 60.6 Å². The molecule has 0 spiro atoms. The molecule has 4 aromatic rings. The van der Waals surface area contributed by atoms with Gasteiger partial charge < -0.3 is 4.90 Å². The lowest BCUT2D eigenvalue weighted by molar-refractivity contribution is 0.0630. The van der Waals surface area contributed by atoms with Crippen LogP contribution in [0.1, 0.15) is 27.2 Å². The van der Waals surface area contributed by atoms with E-state index in [0.29, 0.717) is 5.56 Å². The summed E-state index contributed by atoms with van der Waals surface area (Å²) in [7, 11) is 1.92. The van der Waals surface area contributed by atoms with Crippen molar-refractivity contribution in [2.45, 2.75) is 20.4 Å². The highest BCUT2D eigenvalue weighted by molar-refractivity contribution is 6.07. The monoisotopic (exact) mass is 439 g/mol. The molecule has 0 N–H and O–H groups in total. The lowest BCUT2D eigenvalue weighted by Crippen LogP contribution is -2.48. The van der Waals surface area contributed by atoms with Gasteiger partial charge in [-0.1, -0.05) is 42.5 Å². The van der Waals surface area contributed by atoms with Crippen molar-refractivity contribution in [1.82, 2.24) is 24.6 Å². The number of para-hydroxylation sites is 1. The molecule has 0 unspecified atom stereocenters. The maximum Gasteiger partial charge on any atom is 0.254 e. The largest absolute Gasteiger partial charge is 0.336 e. The Morgan fingerprint density at radius 3 is 2.42 bits per heavy atom. The van der Waals surface area contributed by atoms with Crippen LogP contribution in [-0.2, 0) is 13.6 Å². The first-order valence-electron chi connectivity index (χ1n) is 11.5. The highest BCUT2D eigenvalue weighted by Crippen LogP contribution is 2.28. The minimum Gasteiger partial charge on any atom is -0.336 e. The SMILES string of the molecule is Cc1ccccc1CN1CCN(C(=O)c2cc(-c3cnn(C)c3C)nc3ccccc23)CC1. The maximum atomic E-state index is 13.7. The molecule has 6 heteroatoms. The normalized spacial score (nSPS) is 14.7. The molecule has 33 heavy (non-hydrogen) atoms. The van der Waals surface area contributed by atoms with Crippen molar-refractivity contribution in [3.05, 3.63) is 83.2 Å². The summed E-state index contributed by atoms with van der Waals surface area (Å²) < 4.78 is 1.83. The number of aromatic nitrogens is 3. The number of pyridine rings is 1. The Kier molecular flexibility index (Phi) is 5.68. The van der Waals surface area contributed by atoms with Crippen LogP contribution in [0.5, 0.6) is 0 Å². The number of rotatable bonds is 4. The first kappa shape index (κ1) is 21.3. The van der Waals surface area contributed by atoms with Crippen LogP contribution >= 0.6 is 0 Å². The van der Waals surface area contributed by atoms with Gasteiger partial charge in [-0.25, -0.2) is 4.98 Å². The lowest BCUT2D eigenvalue weighted by atomic mass is 10.0. The molecular formula is C27H29N5O. The van der Waals surface area contributed by atoms with E-state index in [1.807, 2.05) is 60.1 Å². The summed E-state index contributed by atoms with van der Waals surface area (Å²) >= 11 is 0. The molecule has 0 bridgehead atoms. The third-order valence-electron chi connectivity index (χ3n) is 6.77. The van der Waals surface area contributed by atoms with Crippen LogP contribution in [0.15, 0.2) is 60.8 Å². The van der Waals surface area contributed by atoms with Gasteiger partial charge in [-0.3, -0.25) is 14.4 Å². The second-order valence-electron chi connectivity index (χ2n) is 8.83. The number of piperazine rings is 1. The van der Waals surface area contributed by atoms with E-state index in [1.165, 1.54) is 11.1 Å². The topological polar surface area (TPSA) is 54.3 Å². The van der Waals surface area contributed by atoms with Crippen LogP contribution in [-0.4, -0.2) is 56.7 Å². The Balaban J connectivity index is 1.39. The Hall–Kier alpha value is -3.51. The van der Waals surface area contributed by atoms with Crippen molar-refractivity contribution in [2.24, 2.45) is 7.05 Å². The van der Waals surface area contributed by atoms with Crippen LogP contribution in [0.25, 0.3) is 22.2 Å². The van der Waals surface area contributed by atoms with Crippen LogP contribution in [0.2, 0.25) is 0 Å². The van der Waals surface area contributed by atoms with Crippen molar-refractivity contribution in [3.63, 3.8) is 0 Å². The van der Waals surface area contributed by atoms with Gasteiger partial charge in [-0.2, -0.15) is 5.10 Å². The predicted octanol–water partition coefficient (Wildman–Crippen LogP) is 4.21. The average Bonchev–Trinajstić information content (AvgIpc) is 3.18. The number of benzene rings is 2. The number of carbonyl (C=O) groups is 1. The summed E-state index contributed by atoms with van der Waals surface area (Å²) in [5, 5.41) is 5.26. The zero-order valence-corrected chi connectivity index (χ0v) is 19.5. The zero-order chi connectivity index (χ0) is 22.9. The molecule has 0 aliphatic carbocycles. The van der Waals surface area contributed by atoms with Crippen molar-refractivity contribution >= 4 is 16.8 Å². The number of hydrogen-bond acceptors (Lipinski definition) is 4. The molecule has 5 rings (SSSR count). The van der Waals surface area contributed by atoms with Gasteiger partial charge in [-0.05, 0) is 37.1 Å². The quantitative estimate of drug-likeness (QED) is 0.478. The maximum absolute atomic E-state index is 13.7. The van der Waals surface area contributed by atoms with Gasteiger partial charge in [0.05, 0.1) is 23.0 Å². The molecule has 2 aromatic carbocycles. The highest BCUT2D eigenvalue weighted by atomic mass is 16.2. The van der Waals surface area contributed by atoms with E-state index in [-0.39, 0.29) is 5.91 Å². The fraction of sp³-hybridized carbons (Fsp3) is 0.296. The summed E-state index contributed by atoms with van der Waals surface area (Å²) in [5.41, 5.74) is 7.00. The zero-order valence-electron chi connectivity index (χ0n) is 19.5. The van der Waals surface area contributed by atoms with E-state index in [9.17, 15) is 4.79 Å². The van der Waals surface area contributed by atoms with Crippen LogP contribution in [0.3, 0.4) is 0 Å². The molecule has 2 aromatic heterocycles. The Labute approximate surface area is 194 Å². The minimum absolute atomic E-state index is 0.0759. The van der Waals surface area contributed by atoms with Gasteiger partial charge in [-0.15, -0.1) is 0 Å². The third kappa shape index (κ3) is 4.14. The van der Waals surface area contributed by atoms with Crippen LogP contribution in [0.4, 0.5) is 0 Å². The summed E-state index contributed by atoms with van der Waals surface area (Å²) in [6.45, 7) is 8.30. The third-order valence-corrected chi connectivity index (χ3v) is 6.77. The number of carbonyl (C=O) groups excluding carboxylic acids is 1. The molecule has 0 saturated carbocycles. The molecule has 1 amide bonds. The Morgan fingerprint density at radius 1 is 0.970 bits per heavy atom. The summed E-state index contributed by atoms with van der Waals surface area (Å²) in [5.74, 6) is 0.0759. The molecule has 1 saturated heterocycles. The molecule has 0 radical (unpaired) electrons. The Bertz CT molecular complexity index is 1320. The average molecular weight is 440 g/mol. The first-order chi connectivity index (χ1) is 16.0. The second-order valence-corrected chi connectivity index (χ2v) is 8.83. The molecule has 6 nitrogen and oxygen atoms in total. The van der Waals surface area contributed by atoms with Gasteiger partial charge in [0.2, 0.25) is 0 Å².